The van der Waals surface area contributed by atoms with Gasteiger partial charge < -0.3 is 16.4 Å². The second-order valence-corrected chi connectivity index (χ2v) is 4.92. The van der Waals surface area contributed by atoms with Crippen molar-refractivity contribution in [2.75, 3.05) is 34.9 Å². The molecule has 0 saturated carbocycles. The number of hydrogen-bond donors (Lipinski definition) is 2. The first kappa shape index (κ1) is 10.4. The molecule has 1 saturated heterocycles. The van der Waals surface area contributed by atoms with Crippen LogP contribution in [0.25, 0.3) is 0 Å². The zero-order valence-corrected chi connectivity index (χ0v) is 9.63. The van der Waals surface area contributed by atoms with E-state index in [1.807, 2.05) is 23.9 Å². The average Bonchev–Trinajstić information content (AvgIpc) is 2.74. The largest absolute Gasteiger partial charge is 0.396 e. The summed E-state index contributed by atoms with van der Waals surface area (Å²) in [6.45, 7) is 0. The van der Waals surface area contributed by atoms with Crippen molar-refractivity contribution in [3.05, 3.63) is 12.1 Å². The van der Waals surface area contributed by atoms with E-state index in [0.717, 1.165) is 5.82 Å². The molecule has 1 aliphatic rings. The van der Waals surface area contributed by atoms with Crippen molar-refractivity contribution < 1.29 is 0 Å². The summed E-state index contributed by atoms with van der Waals surface area (Å²) in [5.74, 6) is 3.74. The van der Waals surface area contributed by atoms with Crippen LogP contribution in [0.5, 0.6) is 0 Å². The number of anilines is 3. The number of nitrogens with zero attached hydrogens (tertiary/aromatic N) is 2. The van der Waals surface area contributed by atoms with Gasteiger partial charge in [-0.2, -0.15) is 11.8 Å². The highest BCUT2D eigenvalue weighted by Crippen LogP contribution is 2.26. The maximum absolute atomic E-state index is 5.69. The molecule has 0 radical (unpaired) electrons. The van der Waals surface area contributed by atoms with Crippen molar-refractivity contribution >= 4 is 29.1 Å². The molecule has 1 aromatic rings. The summed E-state index contributed by atoms with van der Waals surface area (Å²) in [6, 6.07) is 4.32. The first-order chi connectivity index (χ1) is 7.18. The van der Waals surface area contributed by atoms with E-state index in [0.29, 0.717) is 17.5 Å². The van der Waals surface area contributed by atoms with Crippen LogP contribution in [0.1, 0.15) is 6.42 Å². The molecule has 1 aromatic heterocycles. The lowest BCUT2D eigenvalue weighted by Crippen LogP contribution is -2.32. The topological polar surface area (TPSA) is 68.2 Å². The van der Waals surface area contributed by atoms with Gasteiger partial charge in [0.1, 0.15) is 11.6 Å². The molecule has 0 aromatic carbocycles. The van der Waals surface area contributed by atoms with Crippen molar-refractivity contribution in [3.63, 3.8) is 0 Å². The number of nitrogen functional groups attached to an aromatic ring is 2. The van der Waals surface area contributed by atoms with Crippen molar-refractivity contribution in [2.45, 2.75) is 12.5 Å². The van der Waals surface area contributed by atoms with Gasteiger partial charge in [0, 0.05) is 18.8 Å². The standard InChI is InChI=1S/C10H16N4S/c1-14(7-4-5-15-6-7)9-3-2-8(11)10(12)13-9/h2-3,7H,4-6,11H2,1H3,(H2,12,13). The molecule has 2 rings (SSSR count). The number of hydrogen-bond acceptors (Lipinski definition) is 5. The SMILES string of the molecule is CN(c1ccc(N)c(N)n1)C1CCSC1. The van der Waals surface area contributed by atoms with Crippen LogP contribution in [0.3, 0.4) is 0 Å². The minimum absolute atomic E-state index is 0.421. The maximum atomic E-state index is 5.69. The van der Waals surface area contributed by atoms with E-state index < -0.39 is 0 Å². The Morgan fingerprint density at radius 1 is 1.47 bits per heavy atom. The number of rotatable bonds is 2. The normalized spacial score (nSPS) is 20.5. The van der Waals surface area contributed by atoms with Gasteiger partial charge in [-0.25, -0.2) is 4.98 Å². The molecule has 0 amide bonds. The van der Waals surface area contributed by atoms with Crippen LogP contribution >= 0.6 is 11.8 Å². The zero-order valence-electron chi connectivity index (χ0n) is 8.81. The van der Waals surface area contributed by atoms with E-state index >= 15 is 0 Å². The van der Waals surface area contributed by atoms with Gasteiger partial charge in [0.05, 0.1) is 5.69 Å². The number of aromatic nitrogens is 1. The predicted molar refractivity (Wildman–Crippen MR) is 67.2 cm³/mol. The van der Waals surface area contributed by atoms with Gasteiger partial charge >= 0.3 is 0 Å². The van der Waals surface area contributed by atoms with Crippen LogP contribution < -0.4 is 16.4 Å². The van der Waals surface area contributed by atoms with Crippen LogP contribution in [0.15, 0.2) is 12.1 Å². The van der Waals surface area contributed by atoms with Crippen molar-refractivity contribution in [1.29, 1.82) is 0 Å². The van der Waals surface area contributed by atoms with Crippen LogP contribution in [-0.4, -0.2) is 29.6 Å². The fraction of sp³-hybridized carbons (Fsp3) is 0.500. The minimum atomic E-state index is 0.421. The number of nitrogens with two attached hydrogens (primary N) is 2. The van der Waals surface area contributed by atoms with Gasteiger partial charge in [0.15, 0.2) is 0 Å². The molecular formula is C10H16N4S. The minimum Gasteiger partial charge on any atom is -0.396 e. The third-order valence-electron chi connectivity index (χ3n) is 2.76. The lowest BCUT2D eigenvalue weighted by atomic mass is 10.2. The molecule has 82 valence electrons. The Labute approximate surface area is 94.0 Å². The highest BCUT2D eigenvalue weighted by atomic mass is 32.2. The van der Waals surface area contributed by atoms with E-state index in [9.17, 15) is 0 Å². The molecule has 4 N–H and O–H groups in total. The van der Waals surface area contributed by atoms with Crippen LogP contribution in [-0.2, 0) is 0 Å². The summed E-state index contributed by atoms with van der Waals surface area (Å²) in [7, 11) is 2.06. The van der Waals surface area contributed by atoms with Gasteiger partial charge in [0.2, 0.25) is 0 Å². The van der Waals surface area contributed by atoms with E-state index in [-0.39, 0.29) is 0 Å². The second-order valence-electron chi connectivity index (χ2n) is 3.77. The number of thioether (sulfide) groups is 1. The molecule has 0 spiro atoms. The van der Waals surface area contributed by atoms with Gasteiger partial charge in [-0.1, -0.05) is 0 Å². The predicted octanol–water partition coefficient (Wildman–Crippen LogP) is 1.19. The molecule has 2 heterocycles. The van der Waals surface area contributed by atoms with E-state index in [1.165, 1.54) is 17.9 Å². The Bertz CT molecular complexity index is 349. The molecule has 15 heavy (non-hydrogen) atoms. The first-order valence-corrected chi connectivity index (χ1v) is 6.16. The lowest BCUT2D eigenvalue weighted by Gasteiger charge is -2.25. The Morgan fingerprint density at radius 2 is 2.27 bits per heavy atom. The molecule has 1 unspecified atom stereocenters. The Balaban J connectivity index is 2.17. The molecule has 1 atom stereocenters. The van der Waals surface area contributed by atoms with Crippen LogP contribution in [0, 0.1) is 0 Å². The second kappa shape index (κ2) is 4.18. The average molecular weight is 224 g/mol. The third-order valence-corrected chi connectivity index (χ3v) is 3.90. The smallest absolute Gasteiger partial charge is 0.149 e. The Kier molecular flexibility index (Phi) is 2.90. The van der Waals surface area contributed by atoms with Gasteiger partial charge in [-0.3, -0.25) is 0 Å². The quantitative estimate of drug-likeness (QED) is 0.789. The Morgan fingerprint density at radius 3 is 2.87 bits per heavy atom. The maximum Gasteiger partial charge on any atom is 0.149 e. The van der Waals surface area contributed by atoms with Crippen LogP contribution in [0.2, 0.25) is 0 Å². The van der Waals surface area contributed by atoms with E-state index in [1.54, 1.807) is 0 Å². The molecule has 1 aliphatic heterocycles. The van der Waals surface area contributed by atoms with E-state index in [2.05, 4.69) is 16.9 Å². The van der Waals surface area contributed by atoms with Gasteiger partial charge in [0.25, 0.3) is 0 Å². The molecule has 0 bridgehead atoms. The third kappa shape index (κ3) is 2.12. The number of pyridine rings is 1. The van der Waals surface area contributed by atoms with Crippen molar-refractivity contribution in [2.24, 2.45) is 0 Å². The highest BCUT2D eigenvalue weighted by molar-refractivity contribution is 7.99. The summed E-state index contributed by atoms with van der Waals surface area (Å²) in [4.78, 5) is 6.48. The van der Waals surface area contributed by atoms with Crippen molar-refractivity contribution in [3.8, 4) is 0 Å². The summed E-state index contributed by atoms with van der Waals surface area (Å²) in [6.07, 6.45) is 1.22. The Hall–Kier alpha value is -1.10. The van der Waals surface area contributed by atoms with Crippen LogP contribution in [0.4, 0.5) is 17.3 Å². The fourth-order valence-electron chi connectivity index (χ4n) is 1.69. The summed E-state index contributed by atoms with van der Waals surface area (Å²) < 4.78 is 0. The monoisotopic (exact) mass is 224 g/mol. The summed E-state index contributed by atoms with van der Waals surface area (Å²) >= 11 is 1.99. The van der Waals surface area contributed by atoms with Gasteiger partial charge in [-0.05, 0) is 24.3 Å². The molecule has 4 nitrogen and oxygen atoms in total. The fourth-order valence-corrected chi connectivity index (χ4v) is 2.95. The van der Waals surface area contributed by atoms with Gasteiger partial charge in [-0.15, -0.1) is 0 Å². The molecular weight excluding hydrogens is 208 g/mol. The zero-order chi connectivity index (χ0) is 10.8. The molecule has 0 aliphatic carbocycles. The molecule has 1 fully saturated rings. The first-order valence-electron chi connectivity index (χ1n) is 5.01. The molecule has 5 heteroatoms. The van der Waals surface area contributed by atoms with E-state index in [4.69, 9.17) is 11.5 Å². The highest BCUT2D eigenvalue weighted by Gasteiger charge is 2.21. The van der Waals surface area contributed by atoms with Crippen molar-refractivity contribution in [1.82, 2.24) is 4.98 Å². The summed E-state index contributed by atoms with van der Waals surface area (Å²) in [5.41, 5.74) is 11.9. The summed E-state index contributed by atoms with van der Waals surface area (Å²) in [5, 5.41) is 0. The lowest BCUT2D eigenvalue weighted by molar-refractivity contribution is 0.692.